The van der Waals surface area contributed by atoms with Gasteiger partial charge in [-0.15, -0.1) is 0 Å². The van der Waals surface area contributed by atoms with Gasteiger partial charge in [0.15, 0.2) is 5.78 Å². The Balaban J connectivity index is 1.15. The van der Waals surface area contributed by atoms with Crippen LogP contribution in [0.5, 0.6) is 5.75 Å². The van der Waals surface area contributed by atoms with Gasteiger partial charge in [0.2, 0.25) is 5.91 Å². The molecule has 0 aromatic carbocycles. The summed E-state index contributed by atoms with van der Waals surface area (Å²) in [6.45, 7) is 0.559. The number of aliphatic carboxylic acids is 1. The first-order chi connectivity index (χ1) is 17.5. The number of hydrogen-bond donors (Lipinski definition) is 2. The highest BCUT2D eigenvalue weighted by Crippen LogP contribution is 2.31. The standard InChI is InChI=1S/C27H36N4O5/c32-24-10-5-4-9-23(24)31-22(14-17-29-31)21-13-12-20(19-28-21)36-18-8-2-1-3-11-25(33)30-27(26(34)35)15-6-7-16-27/h12-14,17,19,23H,1-11,15-16,18H2,(H,30,33)(H,34,35). The summed E-state index contributed by atoms with van der Waals surface area (Å²) in [5, 5.41) is 16.6. The zero-order valence-electron chi connectivity index (χ0n) is 20.8. The predicted molar refractivity (Wildman–Crippen MR) is 134 cm³/mol. The monoisotopic (exact) mass is 496 g/mol. The summed E-state index contributed by atoms with van der Waals surface area (Å²) in [5.41, 5.74) is 0.549. The minimum atomic E-state index is -1.05. The molecule has 9 nitrogen and oxygen atoms in total. The van der Waals surface area contributed by atoms with E-state index in [9.17, 15) is 19.5 Å². The van der Waals surface area contributed by atoms with Gasteiger partial charge in [-0.25, -0.2) is 4.79 Å². The summed E-state index contributed by atoms with van der Waals surface area (Å²) < 4.78 is 7.62. The topological polar surface area (TPSA) is 123 Å². The smallest absolute Gasteiger partial charge is 0.329 e. The average Bonchev–Trinajstić information content (AvgIpc) is 3.55. The number of ether oxygens (including phenoxy) is 1. The summed E-state index contributed by atoms with van der Waals surface area (Å²) in [7, 11) is 0. The van der Waals surface area contributed by atoms with Crippen molar-refractivity contribution in [3.05, 3.63) is 30.6 Å². The third-order valence-electron chi connectivity index (χ3n) is 7.30. The van der Waals surface area contributed by atoms with Crippen LogP contribution in [-0.4, -0.2) is 49.7 Å². The van der Waals surface area contributed by atoms with Gasteiger partial charge in [0.05, 0.1) is 24.2 Å². The molecule has 2 N–H and O–H groups in total. The van der Waals surface area contributed by atoms with Gasteiger partial charge in [-0.05, 0) is 56.7 Å². The number of aromatic nitrogens is 3. The van der Waals surface area contributed by atoms with E-state index in [0.29, 0.717) is 38.0 Å². The van der Waals surface area contributed by atoms with Crippen LogP contribution >= 0.6 is 0 Å². The Morgan fingerprint density at radius 2 is 1.89 bits per heavy atom. The van der Waals surface area contributed by atoms with Gasteiger partial charge in [-0.2, -0.15) is 5.10 Å². The lowest BCUT2D eigenvalue weighted by molar-refractivity contribution is -0.147. The van der Waals surface area contributed by atoms with Crippen LogP contribution in [0.3, 0.4) is 0 Å². The molecule has 194 valence electrons. The SMILES string of the molecule is O=C(CCCCCCOc1ccc(-c2ccnn2C2CCCCC2=O)nc1)NC1(C(=O)O)CCCC1. The van der Waals surface area contributed by atoms with Crippen LogP contribution in [0.4, 0.5) is 0 Å². The lowest BCUT2D eigenvalue weighted by Gasteiger charge is -2.25. The van der Waals surface area contributed by atoms with Crippen molar-refractivity contribution in [2.24, 2.45) is 0 Å². The number of carbonyl (C=O) groups excluding carboxylic acids is 2. The first-order valence-corrected chi connectivity index (χ1v) is 13.2. The molecule has 2 fully saturated rings. The largest absolute Gasteiger partial charge is 0.492 e. The van der Waals surface area contributed by atoms with Crippen molar-refractivity contribution in [1.82, 2.24) is 20.1 Å². The van der Waals surface area contributed by atoms with Gasteiger partial charge in [0.25, 0.3) is 0 Å². The van der Waals surface area contributed by atoms with Crippen LogP contribution in [0.2, 0.25) is 0 Å². The number of nitrogens with one attached hydrogen (secondary N) is 1. The maximum absolute atomic E-state index is 12.3. The highest BCUT2D eigenvalue weighted by atomic mass is 16.5. The summed E-state index contributed by atoms with van der Waals surface area (Å²) in [5.74, 6) is -0.160. The molecule has 2 aliphatic carbocycles. The van der Waals surface area contributed by atoms with Crippen molar-refractivity contribution in [2.75, 3.05) is 6.61 Å². The van der Waals surface area contributed by atoms with E-state index in [4.69, 9.17) is 4.74 Å². The number of nitrogens with zero attached hydrogens (tertiary/aromatic N) is 3. The Kier molecular flexibility index (Phi) is 8.72. The van der Waals surface area contributed by atoms with Crippen LogP contribution in [0, 0.1) is 0 Å². The Morgan fingerprint density at radius 3 is 2.61 bits per heavy atom. The van der Waals surface area contributed by atoms with E-state index in [1.807, 2.05) is 18.2 Å². The fourth-order valence-electron chi connectivity index (χ4n) is 5.24. The van der Waals surface area contributed by atoms with Crippen molar-refractivity contribution in [1.29, 1.82) is 0 Å². The molecular formula is C27H36N4O5. The number of ketones is 1. The number of hydrogen-bond acceptors (Lipinski definition) is 6. The molecule has 0 saturated heterocycles. The molecule has 0 bridgehead atoms. The molecule has 9 heteroatoms. The van der Waals surface area contributed by atoms with Gasteiger partial charge in [0.1, 0.15) is 17.3 Å². The van der Waals surface area contributed by atoms with Crippen LogP contribution in [0.1, 0.15) is 89.5 Å². The molecule has 0 radical (unpaired) electrons. The Hall–Kier alpha value is -3.23. The van der Waals surface area contributed by atoms with E-state index >= 15 is 0 Å². The molecule has 2 saturated carbocycles. The number of carbonyl (C=O) groups is 3. The Labute approximate surface area is 211 Å². The molecule has 2 aliphatic rings. The average molecular weight is 497 g/mol. The van der Waals surface area contributed by atoms with Crippen LogP contribution in [-0.2, 0) is 14.4 Å². The normalized spacial score (nSPS) is 19.2. The molecule has 2 heterocycles. The predicted octanol–water partition coefficient (Wildman–Crippen LogP) is 4.47. The lowest BCUT2D eigenvalue weighted by Crippen LogP contribution is -2.52. The second-order valence-corrected chi connectivity index (χ2v) is 9.92. The molecule has 0 aliphatic heterocycles. The molecular weight excluding hydrogens is 460 g/mol. The molecule has 36 heavy (non-hydrogen) atoms. The van der Waals surface area contributed by atoms with E-state index in [1.165, 1.54) is 0 Å². The van der Waals surface area contributed by atoms with Crippen molar-refractivity contribution < 1.29 is 24.2 Å². The van der Waals surface area contributed by atoms with Crippen molar-refractivity contribution >= 4 is 17.7 Å². The zero-order chi connectivity index (χ0) is 25.4. The van der Waals surface area contributed by atoms with E-state index in [-0.39, 0.29) is 17.7 Å². The van der Waals surface area contributed by atoms with Gasteiger partial charge in [-0.3, -0.25) is 19.3 Å². The van der Waals surface area contributed by atoms with E-state index < -0.39 is 11.5 Å². The second-order valence-electron chi connectivity index (χ2n) is 9.92. The number of carboxylic acid groups (broad SMARTS) is 1. The van der Waals surface area contributed by atoms with Crippen molar-refractivity contribution in [3.63, 3.8) is 0 Å². The van der Waals surface area contributed by atoms with Gasteiger partial charge in [0, 0.05) is 19.0 Å². The number of carboxylic acids is 1. The molecule has 2 aromatic rings. The summed E-state index contributed by atoms with van der Waals surface area (Å²) in [6.07, 6.45) is 13.3. The fourth-order valence-corrected chi connectivity index (χ4v) is 5.24. The van der Waals surface area contributed by atoms with Crippen molar-refractivity contribution in [2.45, 2.75) is 95.1 Å². The maximum Gasteiger partial charge on any atom is 0.329 e. The minimum absolute atomic E-state index is 0.170. The maximum atomic E-state index is 12.3. The quantitative estimate of drug-likeness (QED) is 0.416. The van der Waals surface area contributed by atoms with Crippen molar-refractivity contribution in [3.8, 4) is 17.1 Å². The molecule has 1 amide bonds. The number of unbranched alkanes of at least 4 members (excludes halogenated alkanes) is 3. The zero-order valence-corrected chi connectivity index (χ0v) is 20.8. The molecule has 1 atom stereocenters. The highest BCUT2D eigenvalue weighted by molar-refractivity contribution is 5.87. The van der Waals surface area contributed by atoms with Crippen LogP contribution in [0.15, 0.2) is 30.6 Å². The number of pyridine rings is 1. The second kappa shape index (κ2) is 12.1. The van der Waals surface area contributed by atoms with E-state index in [2.05, 4.69) is 15.4 Å². The molecule has 1 unspecified atom stereocenters. The summed E-state index contributed by atoms with van der Waals surface area (Å²) >= 11 is 0. The lowest BCUT2D eigenvalue weighted by atomic mass is 9.94. The first-order valence-electron chi connectivity index (χ1n) is 13.2. The van der Waals surface area contributed by atoms with E-state index in [1.54, 1.807) is 17.1 Å². The van der Waals surface area contributed by atoms with Crippen LogP contribution in [0.25, 0.3) is 11.4 Å². The third kappa shape index (κ3) is 6.30. The minimum Gasteiger partial charge on any atom is -0.492 e. The Bertz CT molecular complexity index is 1040. The summed E-state index contributed by atoms with van der Waals surface area (Å²) in [6, 6.07) is 5.46. The Morgan fingerprint density at radius 1 is 1.08 bits per heavy atom. The van der Waals surface area contributed by atoms with E-state index in [0.717, 1.165) is 69.2 Å². The first kappa shape index (κ1) is 25.9. The van der Waals surface area contributed by atoms with Gasteiger partial charge < -0.3 is 15.2 Å². The fraction of sp³-hybridized carbons (Fsp3) is 0.593. The number of Topliss-reactive ketones (excluding diaryl/α,β-unsaturated/α-hetero) is 1. The number of amides is 1. The highest BCUT2D eigenvalue weighted by Gasteiger charge is 2.42. The third-order valence-corrected chi connectivity index (χ3v) is 7.30. The van der Waals surface area contributed by atoms with Crippen LogP contribution < -0.4 is 10.1 Å². The van der Waals surface area contributed by atoms with Gasteiger partial charge >= 0.3 is 5.97 Å². The molecule has 4 rings (SSSR count). The van der Waals surface area contributed by atoms with Gasteiger partial charge in [-0.1, -0.05) is 32.1 Å². The molecule has 0 spiro atoms. The molecule has 2 aromatic heterocycles. The summed E-state index contributed by atoms with van der Waals surface area (Å²) in [4.78, 5) is 40.6. The number of rotatable bonds is 12.